The molecule has 2 fully saturated rings. The molecule has 2 aliphatic rings. The molecule has 162 valence electrons. The zero-order valence-corrected chi connectivity index (χ0v) is 18.1. The van der Waals surface area contributed by atoms with Crippen LogP contribution >= 0.6 is 11.6 Å². The van der Waals surface area contributed by atoms with E-state index in [0.717, 1.165) is 89.4 Å². The second-order valence-corrected chi connectivity index (χ2v) is 8.10. The monoisotopic (exact) mass is 431 g/mol. The molecule has 2 aliphatic heterocycles. The largest absolute Gasteiger partial charge is 0.492 e. The Bertz CT molecular complexity index is 795. The molecule has 0 bridgehead atoms. The standard InChI is InChI=1S/C22H30ClN5O2/c23-20-4-1-2-5-21(20)30-15-3-8-26-9-11-27(12-10-26)18-19-6-7-24-22(25-19)28-13-16-29-17-14-28/h1-2,4-7H,3,8-18H2. The Morgan fingerprint density at radius 3 is 2.53 bits per heavy atom. The van der Waals surface area contributed by atoms with Crippen LogP contribution in [0.2, 0.25) is 5.02 Å². The van der Waals surface area contributed by atoms with Gasteiger partial charge in [0.2, 0.25) is 5.95 Å². The van der Waals surface area contributed by atoms with Gasteiger partial charge in [-0.1, -0.05) is 23.7 Å². The Balaban J connectivity index is 1.16. The number of nitrogens with zero attached hydrogens (tertiary/aromatic N) is 5. The maximum Gasteiger partial charge on any atom is 0.225 e. The van der Waals surface area contributed by atoms with E-state index >= 15 is 0 Å². The Kier molecular flexibility index (Phi) is 7.75. The van der Waals surface area contributed by atoms with Crippen molar-refractivity contribution in [2.75, 3.05) is 70.5 Å². The molecule has 0 saturated carbocycles. The zero-order chi connectivity index (χ0) is 20.6. The summed E-state index contributed by atoms with van der Waals surface area (Å²) >= 11 is 6.13. The lowest BCUT2D eigenvalue weighted by Gasteiger charge is -2.34. The van der Waals surface area contributed by atoms with Crippen LogP contribution in [0.3, 0.4) is 0 Å². The number of benzene rings is 1. The van der Waals surface area contributed by atoms with Gasteiger partial charge < -0.3 is 19.3 Å². The van der Waals surface area contributed by atoms with Crippen molar-refractivity contribution >= 4 is 17.5 Å². The average Bonchev–Trinajstić information content (AvgIpc) is 2.80. The first-order chi connectivity index (χ1) is 14.8. The number of aromatic nitrogens is 2. The van der Waals surface area contributed by atoms with E-state index in [1.165, 1.54) is 0 Å². The number of hydrogen-bond donors (Lipinski definition) is 0. The van der Waals surface area contributed by atoms with Crippen molar-refractivity contribution in [3.8, 4) is 5.75 Å². The van der Waals surface area contributed by atoms with Crippen molar-refractivity contribution in [3.05, 3.63) is 47.2 Å². The van der Waals surface area contributed by atoms with Crippen molar-refractivity contribution in [2.24, 2.45) is 0 Å². The Hall–Kier alpha value is -1.93. The summed E-state index contributed by atoms with van der Waals surface area (Å²) in [5, 5.41) is 0.674. The molecule has 0 radical (unpaired) electrons. The van der Waals surface area contributed by atoms with Gasteiger partial charge in [0.05, 0.1) is 30.5 Å². The summed E-state index contributed by atoms with van der Waals surface area (Å²) in [5.41, 5.74) is 1.09. The van der Waals surface area contributed by atoms with Gasteiger partial charge in [0, 0.05) is 58.6 Å². The first-order valence-electron chi connectivity index (χ1n) is 10.7. The fraction of sp³-hybridized carbons (Fsp3) is 0.545. The first kappa shape index (κ1) is 21.3. The molecule has 4 rings (SSSR count). The number of anilines is 1. The van der Waals surface area contributed by atoms with Crippen LogP contribution in [0.1, 0.15) is 12.1 Å². The number of para-hydroxylation sites is 1. The van der Waals surface area contributed by atoms with Crippen LogP contribution in [0, 0.1) is 0 Å². The predicted molar refractivity (Wildman–Crippen MR) is 118 cm³/mol. The van der Waals surface area contributed by atoms with Crippen molar-refractivity contribution in [3.63, 3.8) is 0 Å². The highest BCUT2D eigenvalue weighted by Gasteiger charge is 2.18. The van der Waals surface area contributed by atoms with E-state index < -0.39 is 0 Å². The van der Waals surface area contributed by atoms with Gasteiger partial charge in [0.25, 0.3) is 0 Å². The van der Waals surface area contributed by atoms with Crippen molar-refractivity contribution in [2.45, 2.75) is 13.0 Å². The molecular formula is C22H30ClN5O2. The van der Waals surface area contributed by atoms with Crippen molar-refractivity contribution < 1.29 is 9.47 Å². The van der Waals surface area contributed by atoms with Gasteiger partial charge in [0.1, 0.15) is 5.75 Å². The van der Waals surface area contributed by atoms with E-state index in [-0.39, 0.29) is 0 Å². The summed E-state index contributed by atoms with van der Waals surface area (Å²) in [5.74, 6) is 1.60. The molecule has 0 atom stereocenters. The third-order valence-corrected chi connectivity index (χ3v) is 5.87. The van der Waals surface area contributed by atoms with E-state index in [0.29, 0.717) is 11.6 Å². The van der Waals surface area contributed by atoms with Crippen LogP contribution in [0.25, 0.3) is 0 Å². The molecule has 8 heteroatoms. The Morgan fingerprint density at radius 1 is 0.967 bits per heavy atom. The van der Waals surface area contributed by atoms with Gasteiger partial charge in [-0.15, -0.1) is 0 Å². The smallest absolute Gasteiger partial charge is 0.225 e. The van der Waals surface area contributed by atoms with Gasteiger partial charge in [-0.25, -0.2) is 9.97 Å². The van der Waals surface area contributed by atoms with Crippen molar-refractivity contribution in [1.82, 2.24) is 19.8 Å². The molecule has 0 N–H and O–H groups in total. The van der Waals surface area contributed by atoms with Gasteiger partial charge in [-0.2, -0.15) is 0 Å². The number of halogens is 1. The third kappa shape index (κ3) is 6.04. The van der Waals surface area contributed by atoms with Gasteiger partial charge in [-0.05, 0) is 24.6 Å². The number of hydrogen-bond acceptors (Lipinski definition) is 7. The average molecular weight is 432 g/mol. The molecule has 0 spiro atoms. The van der Waals surface area contributed by atoms with Crippen LogP contribution < -0.4 is 9.64 Å². The second-order valence-electron chi connectivity index (χ2n) is 7.70. The molecule has 1 aromatic carbocycles. The first-order valence-corrected chi connectivity index (χ1v) is 11.1. The lowest BCUT2D eigenvalue weighted by atomic mass is 10.2. The molecule has 2 saturated heterocycles. The van der Waals surface area contributed by atoms with Crippen LogP contribution in [-0.4, -0.2) is 85.4 Å². The van der Waals surface area contributed by atoms with E-state index in [1.807, 2.05) is 36.5 Å². The van der Waals surface area contributed by atoms with E-state index in [2.05, 4.69) is 19.7 Å². The SMILES string of the molecule is Clc1ccccc1OCCCN1CCN(Cc2ccnc(N3CCOCC3)n2)CC1. The quantitative estimate of drug-likeness (QED) is 0.595. The maximum absolute atomic E-state index is 6.13. The summed E-state index contributed by atoms with van der Waals surface area (Å²) in [6.45, 7) is 10.1. The van der Waals surface area contributed by atoms with Gasteiger partial charge >= 0.3 is 0 Å². The summed E-state index contributed by atoms with van der Waals surface area (Å²) in [6, 6.07) is 9.67. The lowest BCUT2D eigenvalue weighted by molar-refractivity contribution is 0.119. The molecule has 7 nitrogen and oxygen atoms in total. The maximum atomic E-state index is 6.13. The van der Waals surface area contributed by atoms with Crippen LogP contribution in [-0.2, 0) is 11.3 Å². The van der Waals surface area contributed by atoms with Crippen LogP contribution in [0.5, 0.6) is 5.75 Å². The molecule has 0 aliphatic carbocycles. The van der Waals surface area contributed by atoms with Crippen LogP contribution in [0.15, 0.2) is 36.5 Å². The number of piperazine rings is 1. The number of rotatable bonds is 8. The molecule has 1 aromatic heterocycles. The van der Waals surface area contributed by atoms with Crippen LogP contribution in [0.4, 0.5) is 5.95 Å². The molecule has 3 heterocycles. The predicted octanol–water partition coefficient (Wildman–Crippen LogP) is 2.55. The Morgan fingerprint density at radius 2 is 1.73 bits per heavy atom. The van der Waals surface area contributed by atoms with Gasteiger partial charge in [-0.3, -0.25) is 4.90 Å². The zero-order valence-electron chi connectivity index (χ0n) is 17.4. The summed E-state index contributed by atoms with van der Waals surface area (Å²) < 4.78 is 11.2. The normalized spacial score (nSPS) is 18.5. The molecule has 0 unspecified atom stereocenters. The minimum Gasteiger partial charge on any atom is -0.492 e. The molecule has 2 aromatic rings. The highest BCUT2D eigenvalue weighted by Crippen LogP contribution is 2.23. The summed E-state index contributed by atoms with van der Waals surface area (Å²) in [4.78, 5) is 16.4. The summed E-state index contributed by atoms with van der Waals surface area (Å²) in [6.07, 6.45) is 2.88. The molecule has 0 amide bonds. The molecule has 30 heavy (non-hydrogen) atoms. The third-order valence-electron chi connectivity index (χ3n) is 5.56. The van der Waals surface area contributed by atoms with E-state index in [4.69, 9.17) is 26.1 Å². The highest BCUT2D eigenvalue weighted by atomic mass is 35.5. The molecular weight excluding hydrogens is 402 g/mol. The topological polar surface area (TPSA) is 54.0 Å². The number of ether oxygens (including phenoxy) is 2. The Labute approximate surface area is 183 Å². The minimum absolute atomic E-state index is 0.674. The highest BCUT2D eigenvalue weighted by molar-refractivity contribution is 6.32. The lowest BCUT2D eigenvalue weighted by Crippen LogP contribution is -2.46. The fourth-order valence-corrected chi connectivity index (χ4v) is 4.01. The number of morpholine rings is 1. The van der Waals surface area contributed by atoms with E-state index in [9.17, 15) is 0 Å². The fourth-order valence-electron chi connectivity index (χ4n) is 3.82. The van der Waals surface area contributed by atoms with Crippen molar-refractivity contribution in [1.29, 1.82) is 0 Å². The summed E-state index contributed by atoms with van der Waals surface area (Å²) in [7, 11) is 0. The van der Waals surface area contributed by atoms with Gasteiger partial charge in [0.15, 0.2) is 0 Å². The minimum atomic E-state index is 0.674. The van der Waals surface area contributed by atoms with E-state index in [1.54, 1.807) is 0 Å². The second kappa shape index (κ2) is 10.9.